The highest BCUT2D eigenvalue weighted by Gasteiger charge is 2.31. The highest BCUT2D eigenvalue weighted by Crippen LogP contribution is 2.35. The van der Waals surface area contributed by atoms with Crippen LogP contribution in [0, 0.1) is 0 Å². The Morgan fingerprint density at radius 3 is 2.15 bits per heavy atom. The minimum Gasteiger partial charge on any atom is -0.352 e. The monoisotopic (exact) mass is 567 g/mol. The Bertz CT molecular complexity index is 1170. The lowest BCUT2D eigenvalue weighted by atomic mass is 10.1. The molecule has 2 rings (SSSR count). The summed E-state index contributed by atoms with van der Waals surface area (Å²) in [6.45, 7) is 4.57. The number of hydrogen-bond donors (Lipinski definition) is 1. The molecule has 0 heterocycles. The van der Waals surface area contributed by atoms with Gasteiger partial charge in [0.2, 0.25) is 21.8 Å². The first-order chi connectivity index (χ1) is 15.7. The van der Waals surface area contributed by atoms with Gasteiger partial charge in [0.05, 0.1) is 27.0 Å². The van der Waals surface area contributed by atoms with Gasteiger partial charge < -0.3 is 10.2 Å². The molecular weight excluding hydrogens is 544 g/mol. The summed E-state index contributed by atoms with van der Waals surface area (Å²) in [6, 6.07) is 8.34. The molecule has 7 nitrogen and oxygen atoms in total. The number of nitrogens with zero attached hydrogens (tertiary/aromatic N) is 2. The van der Waals surface area contributed by atoms with Gasteiger partial charge in [-0.2, -0.15) is 0 Å². The third-order valence-corrected chi connectivity index (χ3v) is 7.16. The van der Waals surface area contributed by atoms with Gasteiger partial charge in [-0.05, 0) is 50.6 Å². The molecule has 0 saturated carbocycles. The number of amides is 2. The third-order valence-electron chi connectivity index (χ3n) is 4.78. The van der Waals surface area contributed by atoms with Crippen LogP contribution in [0.5, 0.6) is 0 Å². The molecule has 1 N–H and O–H groups in total. The number of carbonyl (C=O) groups is 2. The molecular formula is C22H25Cl4N3O4S. The van der Waals surface area contributed by atoms with Crippen LogP contribution < -0.4 is 9.62 Å². The maximum Gasteiger partial charge on any atom is 0.244 e. The average Bonchev–Trinajstić information content (AvgIpc) is 2.71. The lowest BCUT2D eigenvalue weighted by Gasteiger charge is -2.32. The summed E-state index contributed by atoms with van der Waals surface area (Å²) in [4.78, 5) is 27.5. The molecule has 1 unspecified atom stereocenters. The van der Waals surface area contributed by atoms with E-state index in [4.69, 9.17) is 46.4 Å². The van der Waals surface area contributed by atoms with Crippen molar-refractivity contribution in [2.45, 2.75) is 39.4 Å². The standard InChI is InChI=1S/C22H25Cl4N3O4S/c1-13(2)27-22(31)14(3)28(11-15-6-5-7-16(23)8-15)21(30)12-29(34(4,32)33)20-10-18(25)17(24)9-19(20)26/h5-10,13-14H,11-12H2,1-4H3,(H,27,31). The van der Waals surface area contributed by atoms with E-state index in [-0.39, 0.29) is 39.2 Å². The zero-order valence-corrected chi connectivity index (χ0v) is 22.8. The zero-order chi connectivity index (χ0) is 25.8. The molecule has 0 saturated heterocycles. The summed E-state index contributed by atoms with van der Waals surface area (Å²) in [5.41, 5.74) is 0.664. The Morgan fingerprint density at radius 2 is 1.59 bits per heavy atom. The van der Waals surface area contributed by atoms with E-state index in [1.54, 1.807) is 45.0 Å². The normalized spacial score (nSPS) is 12.4. The van der Waals surface area contributed by atoms with Crippen molar-refractivity contribution in [1.29, 1.82) is 0 Å². The Hall–Kier alpha value is -1.71. The molecule has 12 heteroatoms. The molecule has 0 aliphatic heterocycles. The largest absolute Gasteiger partial charge is 0.352 e. The van der Waals surface area contributed by atoms with Crippen LogP contribution in [0.1, 0.15) is 26.3 Å². The van der Waals surface area contributed by atoms with Crippen molar-refractivity contribution in [3.8, 4) is 0 Å². The van der Waals surface area contributed by atoms with Gasteiger partial charge in [-0.1, -0.05) is 58.5 Å². The fourth-order valence-corrected chi connectivity index (χ4v) is 4.88. The second-order valence-corrected chi connectivity index (χ2v) is 11.5. The summed E-state index contributed by atoms with van der Waals surface area (Å²) in [6.07, 6.45) is 0.940. The number of carbonyl (C=O) groups excluding carboxylic acids is 2. The van der Waals surface area contributed by atoms with Crippen LogP contribution in [0.3, 0.4) is 0 Å². The van der Waals surface area contributed by atoms with Gasteiger partial charge in [-0.25, -0.2) is 8.42 Å². The molecule has 0 aromatic heterocycles. The van der Waals surface area contributed by atoms with Crippen molar-refractivity contribution < 1.29 is 18.0 Å². The van der Waals surface area contributed by atoms with E-state index in [1.807, 2.05) is 0 Å². The fraction of sp³-hybridized carbons (Fsp3) is 0.364. The summed E-state index contributed by atoms with van der Waals surface area (Å²) in [5, 5.41) is 3.44. The molecule has 0 radical (unpaired) electrons. The fourth-order valence-electron chi connectivity index (χ4n) is 3.12. The predicted octanol–water partition coefficient (Wildman–Crippen LogP) is 5.01. The van der Waals surface area contributed by atoms with Gasteiger partial charge >= 0.3 is 0 Å². The number of halogens is 4. The second-order valence-electron chi connectivity index (χ2n) is 7.98. The Labute approximate surface area is 220 Å². The van der Waals surface area contributed by atoms with Crippen LogP contribution in [0.25, 0.3) is 0 Å². The molecule has 2 amide bonds. The topological polar surface area (TPSA) is 86.8 Å². The molecule has 2 aromatic rings. The van der Waals surface area contributed by atoms with Crippen LogP contribution >= 0.6 is 46.4 Å². The summed E-state index contributed by atoms with van der Waals surface area (Å²) < 4.78 is 26.1. The van der Waals surface area contributed by atoms with Crippen molar-refractivity contribution in [2.24, 2.45) is 0 Å². The van der Waals surface area contributed by atoms with Crippen molar-refractivity contribution in [3.63, 3.8) is 0 Å². The summed E-state index contributed by atoms with van der Waals surface area (Å²) >= 11 is 24.3. The van der Waals surface area contributed by atoms with E-state index in [9.17, 15) is 18.0 Å². The molecule has 2 aromatic carbocycles. The number of sulfonamides is 1. The van der Waals surface area contributed by atoms with Crippen LogP contribution in [0.15, 0.2) is 36.4 Å². The number of anilines is 1. The van der Waals surface area contributed by atoms with Gasteiger partial charge in [-0.15, -0.1) is 0 Å². The van der Waals surface area contributed by atoms with Crippen LogP contribution in [-0.4, -0.2) is 50.0 Å². The smallest absolute Gasteiger partial charge is 0.244 e. The first-order valence-electron chi connectivity index (χ1n) is 10.2. The number of rotatable bonds is 9. The van der Waals surface area contributed by atoms with E-state index in [1.165, 1.54) is 17.0 Å². The van der Waals surface area contributed by atoms with Crippen molar-refractivity contribution in [3.05, 3.63) is 62.1 Å². The second kappa shape index (κ2) is 11.8. The van der Waals surface area contributed by atoms with Gasteiger partial charge in [0.15, 0.2) is 0 Å². The van der Waals surface area contributed by atoms with Crippen molar-refractivity contribution in [1.82, 2.24) is 10.2 Å². The minimum atomic E-state index is -3.97. The van der Waals surface area contributed by atoms with E-state index in [0.717, 1.165) is 10.6 Å². The molecule has 34 heavy (non-hydrogen) atoms. The molecule has 1 atom stereocenters. The third kappa shape index (κ3) is 7.65. The van der Waals surface area contributed by atoms with Crippen LogP contribution in [0.4, 0.5) is 5.69 Å². The van der Waals surface area contributed by atoms with E-state index in [0.29, 0.717) is 10.6 Å². The van der Waals surface area contributed by atoms with Gasteiger partial charge in [0.1, 0.15) is 12.6 Å². The number of benzene rings is 2. The summed E-state index contributed by atoms with van der Waals surface area (Å²) in [5.74, 6) is -1.01. The van der Waals surface area contributed by atoms with Gasteiger partial charge in [0.25, 0.3) is 0 Å². The average molecular weight is 569 g/mol. The maximum atomic E-state index is 13.5. The minimum absolute atomic E-state index is 0.000356. The Kier molecular flexibility index (Phi) is 9.91. The molecule has 0 bridgehead atoms. The van der Waals surface area contributed by atoms with Gasteiger partial charge in [-0.3, -0.25) is 13.9 Å². The summed E-state index contributed by atoms with van der Waals surface area (Å²) in [7, 11) is -3.97. The maximum absolute atomic E-state index is 13.5. The van der Waals surface area contributed by atoms with E-state index in [2.05, 4.69) is 5.32 Å². The molecule has 0 aliphatic carbocycles. The number of hydrogen-bond acceptors (Lipinski definition) is 4. The Balaban J connectivity index is 2.46. The van der Waals surface area contributed by atoms with Crippen molar-refractivity contribution >= 4 is 73.9 Å². The van der Waals surface area contributed by atoms with Crippen LogP contribution in [0.2, 0.25) is 20.1 Å². The van der Waals surface area contributed by atoms with E-state index >= 15 is 0 Å². The zero-order valence-electron chi connectivity index (χ0n) is 19.0. The SMILES string of the molecule is CC(C)NC(=O)C(C)N(Cc1cccc(Cl)c1)C(=O)CN(c1cc(Cl)c(Cl)cc1Cl)S(C)(=O)=O. The predicted molar refractivity (Wildman–Crippen MR) is 138 cm³/mol. The lowest BCUT2D eigenvalue weighted by molar-refractivity contribution is -0.139. The quantitative estimate of drug-likeness (QED) is 0.431. The van der Waals surface area contributed by atoms with E-state index < -0.39 is 28.5 Å². The number of nitrogens with one attached hydrogen (secondary N) is 1. The Morgan fingerprint density at radius 1 is 0.971 bits per heavy atom. The first kappa shape index (κ1) is 28.5. The lowest BCUT2D eigenvalue weighted by Crippen LogP contribution is -2.52. The molecule has 0 fully saturated rings. The first-order valence-corrected chi connectivity index (χ1v) is 13.5. The van der Waals surface area contributed by atoms with Crippen LogP contribution in [-0.2, 0) is 26.2 Å². The molecule has 186 valence electrons. The molecule has 0 aliphatic rings. The van der Waals surface area contributed by atoms with Gasteiger partial charge in [0, 0.05) is 17.6 Å². The highest BCUT2D eigenvalue weighted by atomic mass is 35.5. The molecule has 0 spiro atoms. The highest BCUT2D eigenvalue weighted by molar-refractivity contribution is 7.92. The van der Waals surface area contributed by atoms with Crippen molar-refractivity contribution in [2.75, 3.05) is 17.1 Å².